The van der Waals surface area contributed by atoms with Crippen LogP contribution in [0.2, 0.25) is 0 Å². The van der Waals surface area contributed by atoms with Crippen LogP contribution in [0.25, 0.3) is 0 Å². The van der Waals surface area contributed by atoms with E-state index in [1.54, 1.807) is 7.11 Å². The van der Waals surface area contributed by atoms with Gasteiger partial charge in [-0.3, -0.25) is 0 Å². The smallest absolute Gasteiger partial charge is 0.161 e. The summed E-state index contributed by atoms with van der Waals surface area (Å²) in [6.07, 6.45) is 6.29. The molecule has 0 aliphatic heterocycles. The standard InChI is InChI=1S/C13H18O2/c1-3-4-5-8-11-15-13-10-7-6-9-12(13)14-2/h4-7,9-10H,3,8,11H2,1-2H3. The van der Waals surface area contributed by atoms with Crippen molar-refractivity contribution in [1.29, 1.82) is 0 Å². The van der Waals surface area contributed by atoms with Gasteiger partial charge in [-0.15, -0.1) is 0 Å². The second-order valence-corrected chi connectivity index (χ2v) is 3.17. The third-order valence-corrected chi connectivity index (χ3v) is 2.01. The minimum Gasteiger partial charge on any atom is -0.493 e. The Labute approximate surface area is 91.5 Å². The summed E-state index contributed by atoms with van der Waals surface area (Å²) in [5.41, 5.74) is 0. The zero-order chi connectivity index (χ0) is 10.9. The predicted molar refractivity (Wildman–Crippen MR) is 62.5 cm³/mol. The number of allylic oxidation sites excluding steroid dienone is 1. The van der Waals surface area contributed by atoms with E-state index >= 15 is 0 Å². The van der Waals surface area contributed by atoms with Crippen LogP contribution >= 0.6 is 0 Å². The van der Waals surface area contributed by atoms with Gasteiger partial charge in [0.1, 0.15) is 0 Å². The molecule has 0 saturated heterocycles. The van der Waals surface area contributed by atoms with Gasteiger partial charge in [-0.05, 0) is 25.0 Å². The monoisotopic (exact) mass is 206 g/mol. The number of benzene rings is 1. The summed E-state index contributed by atoms with van der Waals surface area (Å²) in [6.45, 7) is 2.81. The van der Waals surface area contributed by atoms with Crippen molar-refractivity contribution in [3.05, 3.63) is 36.4 Å². The molecule has 0 aliphatic rings. The third kappa shape index (κ3) is 4.07. The van der Waals surface area contributed by atoms with E-state index in [9.17, 15) is 0 Å². The van der Waals surface area contributed by atoms with E-state index < -0.39 is 0 Å². The molecule has 0 aliphatic carbocycles. The molecule has 0 fully saturated rings. The molecule has 0 saturated carbocycles. The fourth-order valence-corrected chi connectivity index (χ4v) is 1.26. The SMILES string of the molecule is CCC=CCCOc1ccccc1OC. The van der Waals surface area contributed by atoms with Gasteiger partial charge in [0.2, 0.25) is 0 Å². The Morgan fingerprint density at radius 2 is 1.87 bits per heavy atom. The van der Waals surface area contributed by atoms with E-state index in [0.29, 0.717) is 6.61 Å². The normalized spacial score (nSPS) is 10.5. The van der Waals surface area contributed by atoms with Crippen molar-refractivity contribution in [2.24, 2.45) is 0 Å². The summed E-state index contributed by atoms with van der Waals surface area (Å²) >= 11 is 0. The first-order valence-corrected chi connectivity index (χ1v) is 5.29. The van der Waals surface area contributed by atoms with Gasteiger partial charge in [0.15, 0.2) is 11.5 Å². The molecule has 2 nitrogen and oxygen atoms in total. The van der Waals surface area contributed by atoms with Crippen molar-refractivity contribution in [2.75, 3.05) is 13.7 Å². The summed E-state index contributed by atoms with van der Waals surface area (Å²) in [6, 6.07) is 7.70. The number of hydrogen-bond acceptors (Lipinski definition) is 2. The van der Waals surface area contributed by atoms with Crippen LogP contribution in [0.3, 0.4) is 0 Å². The molecule has 0 heterocycles. The molecule has 0 atom stereocenters. The molecule has 1 aromatic rings. The maximum absolute atomic E-state index is 5.60. The molecule has 1 aromatic carbocycles. The Morgan fingerprint density at radius 1 is 1.13 bits per heavy atom. The van der Waals surface area contributed by atoms with Gasteiger partial charge in [0, 0.05) is 0 Å². The quantitative estimate of drug-likeness (QED) is 0.524. The number of methoxy groups -OCH3 is 1. The minimum absolute atomic E-state index is 0.691. The van der Waals surface area contributed by atoms with Gasteiger partial charge < -0.3 is 9.47 Å². The van der Waals surface area contributed by atoms with Crippen molar-refractivity contribution < 1.29 is 9.47 Å². The van der Waals surface area contributed by atoms with E-state index in [0.717, 1.165) is 24.3 Å². The molecule has 0 radical (unpaired) electrons. The molecule has 0 amide bonds. The van der Waals surface area contributed by atoms with Crippen molar-refractivity contribution in [3.63, 3.8) is 0 Å². The summed E-state index contributed by atoms with van der Waals surface area (Å²) in [4.78, 5) is 0. The van der Waals surface area contributed by atoms with Gasteiger partial charge in [-0.1, -0.05) is 31.2 Å². The molecule has 0 unspecified atom stereocenters. The third-order valence-electron chi connectivity index (χ3n) is 2.01. The predicted octanol–water partition coefficient (Wildman–Crippen LogP) is 3.43. The van der Waals surface area contributed by atoms with Crippen molar-refractivity contribution in [1.82, 2.24) is 0 Å². The second-order valence-electron chi connectivity index (χ2n) is 3.17. The number of para-hydroxylation sites is 2. The number of ether oxygens (including phenoxy) is 2. The lowest BCUT2D eigenvalue weighted by Gasteiger charge is -2.08. The van der Waals surface area contributed by atoms with Gasteiger partial charge in [0.05, 0.1) is 13.7 Å². The van der Waals surface area contributed by atoms with Crippen LogP contribution < -0.4 is 9.47 Å². The van der Waals surface area contributed by atoms with E-state index in [1.807, 2.05) is 24.3 Å². The molecule has 0 N–H and O–H groups in total. The Balaban J connectivity index is 2.39. The fourth-order valence-electron chi connectivity index (χ4n) is 1.26. The molecule has 82 valence electrons. The number of hydrogen-bond donors (Lipinski definition) is 0. The van der Waals surface area contributed by atoms with Crippen LogP contribution in [0.5, 0.6) is 11.5 Å². The summed E-state index contributed by atoms with van der Waals surface area (Å²) in [5, 5.41) is 0. The average molecular weight is 206 g/mol. The van der Waals surface area contributed by atoms with E-state index in [2.05, 4.69) is 19.1 Å². The second kappa shape index (κ2) is 6.93. The number of rotatable bonds is 6. The Morgan fingerprint density at radius 3 is 2.53 bits per heavy atom. The molecule has 1 rings (SSSR count). The van der Waals surface area contributed by atoms with Gasteiger partial charge in [-0.25, -0.2) is 0 Å². The summed E-state index contributed by atoms with van der Waals surface area (Å²) < 4.78 is 10.8. The van der Waals surface area contributed by atoms with Crippen LogP contribution in [0, 0.1) is 0 Å². The first kappa shape index (κ1) is 11.6. The lowest BCUT2D eigenvalue weighted by atomic mass is 10.3. The Hall–Kier alpha value is -1.44. The largest absolute Gasteiger partial charge is 0.493 e. The van der Waals surface area contributed by atoms with Crippen molar-refractivity contribution >= 4 is 0 Å². The highest BCUT2D eigenvalue weighted by atomic mass is 16.5. The van der Waals surface area contributed by atoms with Crippen LogP contribution in [-0.2, 0) is 0 Å². The van der Waals surface area contributed by atoms with Crippen molar-refractivity contribution in [3.8, 4) is 11.5 Å². The van der Waals surface area contributed by atoms with Gasteiger partial charge >= 0.3 is 0 Å². The maximum Gasteiger partial charge on any atom is 0.161 e. The molecule has 15 heavy (non-hydrogen) atoms. The zero-order valence-electron chi connectivity index (χ0n) is 9.40. The van der Waals surface area contributed by atoms with E-state index in [4.69, 9.17) is 9.47 Å². The molecule has 2 heteroatoms. The molecular formula is C13H18O2. The topological polar surface area (TPSA) is 18.5 Å². The maximum atomic E-state index is 5.60. The lowest BCUT2D eigenvalue weighted by molar-refractivity contribution is 0.300. The Kier molecular flexibility index (Phi) is 5.38. The molecular weight excluding hydrogens is 188 g/mol. The summed E-state index contributed by atoms with van der Waals surface area (Å²) in [5.74, 6) is 1.60. The van der Waals surface area contributed by atoms with E-state index in [1.165, 1.54) is 0 Å². The van der Waals surface area contributed by atoms with Crippen molar-refractivity contribution in [2.45, 2.75) is 19.8 Å². The first-order chi connectivity index (χ1) is 7.38. The highest BCUT2D eigenvalue weighted by molar-refractivity contribution is 5.39. The highest BCUT2D eigenvalue weighted by Crippen LogP contribution is 2.25. The van der Waals surface area contributed by atoms with Crippen LogP contribution in [-0.4, -0.2) is 13.7 Å². The van der Waals surface area contributed by atoms with Gasteiger partial charge in [0.25, 0.3) is 0 Å². The lowest BCUT2D eigenvalue weighted by Crippen LogP contribution is -1.97. The fraction of sp³-hybridized carbons (Fsp3) is 0.385. The highest BCUT2D eigenvalue weighted by Gasteiger charge is 2.00. The zero-order valence-corrected chi connectivity index (χ0v) is 9.40. The Bertz CT molecular complexity index is 305. The molecule has 0 bridgehead atoms. The summed E-state index contributed by atoms with van der Waals surface area (Å²) in [7, 11) is 1.65. The van der Waals surface area contributed by atoms with Crippen LogP contribution in [0.1, 0.15) is 19.8 Å². The van der Waals surface area contributed by atoms with E-state index in [-0.39, 0.29) is 0 Å². The van der Waals surface area contributed by atoms with Gasteiger partial charge in [-0.2, -0.15) is 0 Å². The minimum atomic E-state index is 0.691. The first-order valence-electron chi connectivity index (χ1n) is 5.29. The molecule has 0 spiro atoms. The molecule has 0 aromatic heterocycles. The van der Waals surface area contributed by atoms with Crippen LogP contribution in [0.15, 0.2) is 36.4 Å². The van der Waals surface area contributed by atoms with Crippen LogP contribution in [0.4, 0.5) is 0 Å². The average Bonchev–Trinajstić information content (AvgIpc) is 2.29.